The van der Waals surface area contributed by atoms with Gasteiger partial charge in [0.2, 0.25) is 0 Å². The number of nitrogens with zero attached hydrogens (tertiary/aromatic N) is 1. The molecule has 2 rings (SSSR count). The third kappa shape index (κ3) is 1.78. The van der Waals surface area contributed by atoms with Gasteiger partial charge in [-0.15, -0.1) is 0 Å². The van der Waals surface area contributed by atoms with Crippen LogP contribution in [-0.2, 0) is 6.61 Å². The molecule has 1 atom stereocenters. The van der Waals surface area contributed by atoms with E-state index in [4.69, 9.17) is 5.11 Å². The summed E-state index contributed by atoms with van der Waals surface area (Å²) in [4.78, 5) is 7.34. The average molecular weight is 290 g/mol. The minimum atomic E-state index is -0.0212. The lowest BCUT2D eigenvalue weighted by Crippen LogP contribution is -2.33. The Labute approximate surface area is 89.7 Å². The Balaban J connectivity index is 2.61. The van der Waals surface area contributed by atoms with Crippen LogP contribution in [0.3, 0.4) is 0 Å². The summed E-state index contributed by atoms with van der Waals surface area (Å²) < 4.78 is 0.159. The van der Waals surface area contributed by atoms with E-state index in [1.54, 1.807) is 0 Å². The molecule has 1 aliphatic carbocycles. The molecular weight excluding hydrogens is 279 g/mol. The molecule has 1 unspecified atom stereocenters. The lowest BCUT2D eigenvalue weighted by molar-refractivity contribution is 0.272. The van der Waals surface area contributed by atoms with Gasteiger partial charge in [-0.3, -0.25) is 0 Å². The van der Waals surface area contributed by atoms with E-state index < -0.39 is 0 Å². The standard InChI is InChI=1S/C9H11IN2O/c1-9(10)3-2-6-7(4-9)12-8(5-13)11-6/h2,4,13H,3,5H2,1H3,(H,11,12). The molecule has 70 valence electrons. The molecule has 0 fully saturated rings. The molecule has 1 aromatic rings. The fourth-order valence-electron chi connectivity index (χ4n) is 1.44. The maximum absolute atomic E-state index is 8.89. The molecule has 2 N–H and O–H groups in total. The molecule has 0 bridgehead atoms. The smallest absolute Gasteiger partial charge is 0.133 e. The van der Waals surface area contributed by atoms with Crippen LogP contribution in [0.5, 0.6) is 0 Å². The van der Waals surface area contributed by atoms with Crippen molar-refractivity contribution in [2.75, 3.05) is 0 Å². The van der Waals surface area contributed by atoms with Crippen molar-refractivity contribution < 1.29 is 5.11 Å². The van der Waals surface area contributed by atoms with Crippen molar-refractivity contribution in [1.29, 1.82) is 0 Å². The minimum Gasteiger partial charge on any atom is -0.388 e. The van der Waals surface area contributed by atoms with E-state index >= 15 is 0 Å². The minimum absolute atomic E-state index is 0.0212. The first kappa shape index (κ1) is 9.21. The Morgan fingerprint density at radius 1 is 1.77 bits per heavy atom. The molecule has 0 spiro atoms. The lowest BCUT2D eigenvalue weighted by Gasteiger charge is -2.16. The third-order valence-corrected chi connectivity index (χ3v) is 2.85. The largest absolute Gasteiger partial charge is 0.388 e. The second-order valence-electron chi connectivity index (χ2n) is 3.47. The summed E-state index contributed by atoms with van der Waals surface area (Å²) in [6.07, 6.45) is 5.28. The molecule has 0 amide bonds. The number of fused-ring (bicyclic) bond motifs is 1. The van der Waals surface area contributed by atoms with E-state index in [9.17, 15) is 0 Å². The van der Waals surface area contributed by atoms with Gasteiger partial charge in [0.15, 0.2) is 0 Å². The molecule has 0 radical (unpaired) electrons. The van der Waals surface area contributed by atoms with Crippen molar-refractivity contribution in [3.8, 4) is 0 Å². The fraction of sp³-hybridized carbons (Fsp3) is 0.444. The van der Waals surface area contributed by atoms with Crippen LogP contribution >= 0.6 is 22.6 Å². The average Bonchev–Trinajstić information content (AvgIpc) is 2.44. The molecule has 3 nitrogen and oxygen atoms in total. The van der Waals surface area contributed by atoms with E-state index in [2.05, 4.69) is 51.6 Å². The highest BCUT2D eigenvalue weighted by Gasteiger charge is 2.18. The molecule has 0 saturated heterocycles. The van der Waals surface area contributed by atoms with Gasteiger partial charge >= 0.3 is 0 Å². The van der Waals surface area contributed by atoms with Crippen molar-refractivity contribution in [1.82, 2.24) is 9.97 Å². The van der Waals surface area contributed by atoms with Gasteiger partial charge in [-0.2, -0.15) is 0 Å². The summed E-state index contributed by atoms with van der Waals surface area (Å²) in [6.45, 7) is 2.15. The van der Waals surface area contributed by atoms with Crippen LogP contribution in [0.15, 0.2) is 0 Å². The molecular formula is C9H11IN2O. The van der Waals surface area contributed by atoms with E-state index in [0.29, 0.717) is 5.82 Å². The maximum atomic E-state index is 8.89. The Bertz CT molecular complexity index is 433. The zero-order valence-electron chi connectivity index (χ0n) is 7.34. The Hall–Kier alpha value is -0.360. The van der Waals surface area contributed by atoms with Crippen LogP contribution in [0, 0.1) is 0 Å². The van der Waals surface area contributed by atoms with Crippen LogP contribution in [0.25, 0.3) is 12.2 Å². The van der Waals surface area contributed by atoms with Gasteiger partial charge in [-0.25, -0.2) is 4.98 Å². The summed E-state index contributed by atoms with van der Waals surface area (Å²) in [5.74, 6) is 0.645. The fourth-order valence-corrected chi connectivity index (χ4v) is 1.95. The zero-order chi connectivity index (χ0) is 9.47. The van der Waals surface area contributed by atoms with Crippen LogP contribution < -0.4 is 10.7 Å². The van der Waals surface area contributed by atoms with E-state index in [-0.39, 0.29) is 10.0 Å². The molecule has 0 saturated carbocycles. The summed E-state index contributed by atoms with van der Waals surface area (Å²) in [5, 5.41) is 10.9. The van der Waals surface area contributed by atoms with Gasteiger partial charge in [0, 0.05) is 3.42 Å². The molecule has 0 aromatic carbocycles. The predicted octanol–water partition coefficient (Wildman–Crippen LogP) is 0.0604. The number of imidazole rings is 1. The number of hydrogen-bond acceptors (Lipinski definition) is 2. The molecule has 1 aliphatic rings. The maximum Gasteiger partial charge on any atom is 0.133 e. The first-order chi connectivity index (χ1) is 6.11. The zero-order valence-corrected chi connectivity index (χ0v) is 9.50. The Morgan fingerprint density at radius 2 is 2.54 bits per heavy atom. The highest BCUT2D eigenvalue weighted by Crippen LogP contribution is 2.25. The van der Waals surface area contributed by atoms with Gasteiger partial charge in [-0.05, 0) is 19.4 Å². The van der Waals surface area contributed by atoms with E-state index in [1.165, 1.54) is 0 Å². The lowest BCUT2D eigenvalue weighted by atomic mass is 10.0. The number of nitrogens with one attached hydrogen (secondary N) is 1. The SMILES string of the molecule is CC1(I)C=c2nc(CO)[nH]c2=CC1. The molecule has 0 aliphatic heterocycles. The second-order valence-corrected chi connectivity index (χ2v) is 5.94. The summed E-state index contributed by atoms with van der Waals surface area (Å²) >= 11 is 2.41. The topological polar surface area (TPSA) is 48.9 Å². The number of H-pyrrole nitrogens is 1. The number of aromatic nitrogens is 2. The Morgan fingerprint density at radius 3 is 3.23 bits per heavy atom. The van der Waals surface area contributed by atoms with Gasteiger partial charge in [-0.1, -0.05) is 28.7 Å². The number of rotatable bonds is 1. The van der Waals surface area contributed by atoms with Gasteiger partial charge < -0.3 is 10.1 Å². The number of aliphatic hydroxyl groups is 1. The highest BCUT2D eigenvalue weighted by atomic mass is 127. The van der Waals surface area contributed by atoms with Gasteiger partial charge in [0.1, 0.15) is 12.4 Å². The van der Waals surface area contributed by atoms with Crippen LogP contribution in [-0.4, -0.2) is 18.5 Å². The number of aliphatic hydroxyl groups excluding tert-OH is 1. The van der Waals surface area contributed by atoms with Crippen LogP contribution in [0.4, 0.5) is 0 Å². The first-order valence-electron chi connectivity index (χ1n) is 4.18. The van der Waals surface area contributed by atoms with Crippen LogP contribution in [0.1, 0.15) is 19.2 Å². The number of aromatic amines is 1. The van der Waals surface area contributed by atoms with Crippen molar-refractivity contribution in [3.63, 3.8) is 0 Å². The number of halogens is 1. The number of alkyl halides is 1. The molecule has 13 heavy (non-hydrogen) atoms. The number of hydrogen-bond donors (Lipinski definition) is 2. The normalized spacial score (nSPS) is 26.1. The first-order valence-corrected chi connectivity index (χ1v) is 5.26. The van der Waals surface area contributed by atoms with Gasteiger partial charge in [0.05, 0.1) is 10.7 Å². The van der Waals surface area contributed by atoms with Crippen LogP contribution in [0.2, 0.25) is 0 Å². The summed E-state index contributed by atoms with van der Waals surface area (Å²) in [7, 11) is 0. The summed E-state index contributed by atoms with van der Waals surface area (Å²) in [6, 6.07) is 0. The second kappa shape index (κ2) is 3.09. The van der Waals surface area contributed by atoms with Crippen molar-refractivity contribution in [2.24, 2.45) is 0 Å². The monoisotopic (exact) mass is 290 g/mol. The molecule has 1 aromatic heterocycles. The van der Waals surface area contributed by atoms with E-state index in [1.807, 2.05) is 0 Å². The van der Waals surface area contributed by atoms with Crippen molar-refractivity contribution in [3.05, 3.63) is 16.5 Å². The highest BCUT2D eigenvalue weighted by molar-refractivity contribution is 14.1. The molecule has 1 heterocycles. The van der Waals surface area contributed by atoms with Crippen molar-refractivity contribution >= 4 is 34.7 Å². The van der Waals surface area contributed by atoms with Crippen molar-refractivity contribution in [2.45, 2.75) is 23.4 Å². The molecule has 4 heteroatoms. The Kier molecular flexibility index (Phi) is 2.19. The third-order valence-electron chi connectivity index (χ3n) is 2.10. The van der Waals surface area contributed by atoms with Gasteiger partial charge in [0.25, 0.3) is 0 Å². The predicted molar refractivity (Wildman–Crippen MR) is 59.7 cm³/mol. The summed E-state index contributed by atoms with van der Waals surface area (Å²) in [5.41, 5.74) is 0. The van der Waals surface area contributed by atoms with E-state index in [0.717, 1.165) is 17.1 Å². The quantitative estimate of drug-likeness (QED) is 0.567.